The second kappa shape index (κ2) is 3.92. The van der Waals surface area contributed by atoms with Gasteiger partial charge < -0.3 is 0 Å². The molecule has 0 amide bonds. The van der Waals surface area contributed by atoms with Gasteiger partial charge in [0.2, 0.25) is 0 Å². The van der Waals surface area contributed by atoms with Crippen LogP contribution in [0.3, 0.4) is 0 Å². The van der Waals surface area contributed by atoms with Gasteiger partial charge >= 0.3 is 0 Å². The Bertz CT molecular complexity index is 676. The zero-order chi connectivity index (χ0) is 13.0. The summed E-state index contributed by atoms with van der Waals surface area (Å²) in [4.78, 5) is 16.9. The van der Waals surface area contributed by atoms with Gasteiger partial charge in [0.05, 0.1) is 18.6 Å². The van der Waals surface area contributed by atoms with Crippen molar-refractivity contribution >= 4 is 11.0 Å². The fourth-order valence-electron chi connectivity index (χ4n) is 3.18. The first-order valence-electron chi connectivity index (χ1n) is 7.15. The van der Waals surface area contributed by atoms with Crippen molar-refractivity contribution in [3.05, 3.63) is 22.9 Å². The van der Waals surface area contributed by atoms with E-state index in [1.54, 1.807) is 17.1 Å². The predicted molar refractivity (Wildman–Crippen MR) is 71.9 cm³/mol. The van der Waals surface area contributed by atoms with Crippen LogP contribution in [0.25, 0.3) is 11.0 Å². The first kappa shape index (κ1) is 11.2. The zero-order valence-electron chi connectivity index (χ0n) is 11.1. The minimum Gasteiger partial charge on any atom is -0.298 e. The second-order valence-electron chi connectivity index (χ2n) is 6.20. The highest BCUT2D eigenvalue weighted by molar-refractivity contribution is 5.73. The van der Waals surface area contributed by atoms with Gasteiger partial charge in [-0.25, -0.2) is 9.67 Å². The Morgan fingerprint density at radius 2 is 2.16 bits per heavy atom. The normalized spacial score (nSPS) is 26.6. The van der Waals surface area contributed by atoms with Gasteiger partial charge in [0, 0.05) is 6.54 Å². The molecule has 2 aromatic heterocycles. The molecule has 100 valence electrons. The molecular weight excluding hydrogens is 240 g/mol. The molecule has 0 N–H and O–H groups in total. The Morgan fingerprint density at radius 1 is 1.37 bits per heavy atom. The maximum absolute atomic E-state index is 12.4. The van der Waals surface area contributed by atoms with E-state index in [1.165, 1.54) is 12.8 Å². The fourth-order valence-corrected chi connectivity index (χ4v) is 3.18. The number of fused-ring (bicyclic) bond motifs is 1. The third-order valence-corrected chi connectivity index (χ3v) is 4.40. The lowest BCUT2D eigenvalue weighted by atomic mass is 9.76. The summed E-state index contributed by atoms with van der Waals surface area (Å²) in [6.07, 6.45) is 8.15. The van der Waals surface area contributed by atoms with Gasteiger partial charge in [-0.2, -0.15) is 5.10 Å². The van der Waals surface area contributed by atoms with E-state index >= 15 is 0 Å². The standard InChI is InChI=1S/C14H18N4O/c1-9-4-10(5-9)7-17-8-15-13-12(14(17)19)6-16-18(13)11-2-3-11/h6,8-11H,2-5,7H2,1H3. The van der Waals surface area contributed by atoms with E-state index in [0.29, 0.717) is 17.3 Å². The molecule has 2 aliphatic carbocycles. The Morgan fingerprint density at radius 3 is 2.84 bits per heavy atom. The molecule has 0 aliphatic heterocycles. The van der Waals surface area contributed by atoms with E-state index in [4.69, 9.17) is 0 Å². The quantitative estimate of drug-likeness (QED) is 0.845. The molecule has 0 bridgehead atoms. The molecule has 0 radical (unpaired) electrons. The van der Waals surface area contributed by atoms with E-state index in [0.717, 1.165) is 31.0 Å². The van der Waals surface area contributed by atoms with Crippen molar-refractivity contribution in [3.8, 4) is 0 Å². The molecule has 2 aliphatic rings. The average Bonchev–Trinajstić information content (AvgIpc) is 3.10. The summed E-state index contributed by atoms with van der Waals surface area (Å²) in [5.41, 5.74) is 0.821. The first-order chi connectivity index (χ1) is 9.22. The van der Waals surface area contributed by atoms with Crippen molar-refractivity contribution in [2.75, 3.05) is 0 Å². The smallest absolute Gasteiger partial charge is 0.264 e. The van der Waals surface area contributed by atoms with Crippen LogP contribution in [0.4, 0.5) is 0 Å². The van der Waals surface area contributed by atoms with Crippen LogP contribution in [0, 0.1) is 11.8 Å². The third kappa shape index (κ3) is 1.79. The average molecular weight is 258 g/mol. The van der Waals surface area contributed by atoms with Crippen LogP contribution < -0.4 is 5.56 Å². The highest BCUT2D eigenvalue weighted by Gasteiger charge is 2.28. The summed E-state index contributed by atoms with van der Waals surface area (Å²) in [7, 11) is 0. The van der Waals surface area contributed by atoms with Crippen LogP contribution in [-0.4, -0.2) is 19.3 Å². The van der Waals surface area contributed by atoms with Crippen LogP contribution in [0.5, 0.6) is 0 Å². The molecule has 0 spiro atoms. The van der Waals surface area contributed by atoms with E-state index in [1.807, 2.05) is 4.68 Å². The van der Waals surface area contributed by atoms with Crippen molar-refractivity contribution in [1.29, 1.82) is 0 Å². The van der Waals surface area contributed by atoms with Crippen LogP contribution in [0.1, 0.15) is 38.6 Å². The number of aromatic nitrogens is 4. The van der Waals surface area contributed by atoms with Crippen LogP contribution in [0.2, 0.25) is 0 Å². The van der Waals surface area contributed by atoms with Gasteiger partial charge in [-0.1, -0.05) is 6.92 Å². The van der Waals surface area contributed by atoms with Crippen molar-refractivity contribution in [2.24, 2.45) is 11.8 Å². The van der Waals surface area contributed by atoms with Crippen molar-refractivity contribution in [1.82, 2.24) is 19.3 Å². The molecule has 4 rings (SSSR count). The van der Waals surface area contributed by atoms with E-state index in [9.17, 15) is 4.79 Å². The second-order valence-corrected chi connectivity index (χ2v) is 6.20. The largest absolute Gasteiger partial charge is 0.298 e. The fraction of sp³-hybridized carbons (Fsp3) is 0.643. The summed E-state index contributed by atoms with van der Waals surface area (Å²) >= 11 is 0. The lowest BCUT2D eigenvalue weighted by molar-refractivity contribution is 0.186. The summed E-state index contributed by atoms with van der Waals surface area (Å²) in [6.45, 7) is 3.07. The van der Waals surface area contributed by atoms with Gasteiger partial charge in [0.25, 0.3) is 5.56 Å². The molecule has 19 heavy (non-hydrogen) atoms. The molecule has 5 heteroatoms. The lowest BCUT2D eigenvalue weighted by Crippen LogP contribution is -2.30. The SMILES string of the molecule is CC1CC(Cn2cnc3c(cnn3C3CC3)c2=O)C1. The lowest BCUT2D eigenvalue weighted by Gasteiger charge is -2.32. The van der Waals surface area contributed by atoms with Gasteiger partial charge in [-0.05, 0) is 37.5 Å². The first-order valence-corrected chi connectivity index (χ1v) is 7.15. The number of hydrogen-bond donors (Lipinski definition) is 0. The topological polar surface area (TPSA) is 52.7 Å². The number of rotatable bonds is 3. The summed E-state index contributed by atoms with van der Waals surface area (Å²) < 4.78 is 3.67. The molecule has 2 fully saturated rings. The van der Waals surface area contributed by atoms with E-state index in [-0.39, 0.29) is 5.56 Å². The van der Waals surface area contributed by atoms with E-state index < -0.39 is 0 Å². The van der Waals surface area contributed by atoms with Crippen LogP contribution in [-0.2, 0) is 6.54 Å². The molecule has 5 nitrogen and oxygen atoms in total. The molecule has 0 atom stereocenters. The summed E-state index contributed by atoms with van der Waals surface area (Å²) in [5.74, 6) is 1.46. The Hall–Kier alpha value is -1.65. The van der Waals surface area contributed by atoms with Crippen molar-refractivity contribution < 1.29 is 0 Å². The van der Waals surface area contributed by atoms with Gasteiger partial charge in [-0.3, -0.25) is 9.36 Å². The molecule has 2 saturated carbocycles. The van der Waals surface area contributed by atoms with Gasteiger partial charge in [0.1, 0.15) is 5.39 Å². The maximum Gasteiger partial charge on any atom is 0.264 e. The minimum absolute atomic E-state index is 0.0662. The molecule has 0 aromatic carbocycles. The number of hydrogen-bond acceptors (Lipinski definition) is 3. The minimum atomic E-state index is 0.0662. The molecule has 0 saturated heterocycles. The summed E-state index contributed by atoms with van der Waals surface area (Å²) in [6, 6.07) is 0.465. The molecule has 2 aromatic rings. The molecule has 0 unspecified atom stereocenters. The highest BCUT2D eigenvalue weighted by Crippen LogP contribution is 2.36. The molecular formula is C14H18N4O. The monoisotopic (exact) mass is 258 g/mol. The predicted octanol–water partition coefficient (Wildman–Crippen LogP) is 1.97. The van der Waals surface area contributed by atoms with Crippen LogP contribution >= 0.6 is 0 Å². The van der Waals surface area contributed by atoms with Crippen molar-refractivity contribution in [3.63, 3.8) is 0 Å². The number of nitrogens with zero attached hydrogens (tertiary/aromatic N) is 4. The Balaban J connectivity index is 1.69. The Kier molecular flexibility index (Phi) is 2.31. The van der Waals surface area contributed by atoms with Gasteiger partial charge in [0.15, 0.2) is 5.65 Å². The van der Waals surface area contributed by atoms with E-state index in [2.05, 4.69) is 17.0 Å². The Labute approximate surface area is 111 Å². The maximum atomic E-state index is 12.4. The molecule has 2 heterocycles. The zero-order valence-corrected chi connectivity index (χ0v) is 11.1. The highest BCUT2D eigenvalue weighted by atomic mass is 16.1. The third-order valence-electron chi connectivity index (χ3n) is 4.40. The van der Waals surface area contributed by atoms with Crippen LogP contribution in [0.15, 0.2) is 17.3 Å². The van der Waals surface area contributed by atoms with Crippen molar-refractivity contribution in [2.45, 2.75) is 45.2 Å². The summed E-state index contributed by atoms with van der Waals surface area (Å²) in [5, 5.41) is 4.99. The van der Waals surface area contributed by atoms with Gasteiger partial charge in [-0.15, -0.1) is 0 Å².